The van der Waals surface area contributed by atoms with E-state index in [0.717, 1.165) is 10.1 Å². The minimum atomic E-state index is -1.26. The molecule has 0 fully saturated rings. The molecule has 0 saturated heterocycles. The molecule has 0 N–H and O–H groups in total. The summed E-state index contributed by atoms with van der Waals surface area (Å²) in [6.45, 7) is 0. The number of carboxylic acid groups (broad SMARTS) is 1. The summed E-state index contributed by atoms with van der Waals surface area (Å²) in [6, 6.07) is 13.5. The first-order chi connectivity index (χ1) is 12.5. The molecule has 0 saturated carbocycles. The lowest BCUT2D eigenvalue weighted by molar-refractivity contribution is -0.255. The van der Waals surface area contributed by atoms with Crippen LogP contribution in [0, 0.1) is 0 Å². The Balaban J connectivity index is 1.70. The first-order valence-electron chi connectivity index (χ1n) is 7.54. The highest BCUT2D eigenvalue weighted by molar-refractivity contribution is 7.21. The Morgan fingerprint density at radius 2 is 1.88 bits per heavy atom. The number of carbonyl (C=O) groups excluding carboxylic acids is 2. The minimum absolute atomic E-state index is 0.0578. The summed E-state index contributed by atoms with van der Waals surface area (Å²) in [5.74, 6) is -1.68. The maximum Gasteiger partial charge on any atom is 0.363 e. The average Bonchev–Trinajstić information content (AvgIpc) is 3.16. The predicted octanol–water partition coefficient (Wildman–Crippen LogP) is 3.26. The van der Waals surface area contributed by atoms with Crippen LogP contribution in [0.3, 0.4) is 0 Å². The van der Waals surface area contributed by atoms with E-state index in [-0.39, 0.29) is 17.2 Å². The molecule has 0 aliphatic carbocycles. The molecule has 1 aliphatic heterocycles. The number of thiophene rings is 1. The molecule has 128 valence electrons. The number of halogens is 1. The van der Waals surface area contributed by atoms with Gasteiger partial charge in [-0.05, 0) is 23.3 Å². The van der Waals surface area contributed by atoms with Crippen LogP contribution >= 0.6 is 22.9 Å². The van der Waals surface area contributed by atoms with Crippen molar-refractivity contribution in [2.75, 3.05) is 0 Å². The molecular formula is C19H9ClNO4S-. The zero-order chi connectivity index (χ0) is 18.3. The van der Waals surface area contributed by atoms with Crippen LogP contribution in [0.25, 0.3) is 16.2 Å². The molecule has 0 spiro atoms. The van der Waals surface area contributed by atoms with Gasteiger partial charge in [0.05, 0.1) is 11.0 Å². The third-order valence-corrected chi connectivity index (χ3v) is 5.46. The summed E-state index contributed by atoms with van der Waals surface area (Å²) in [7, 11) is 0. The van der Waals surface area contributed by atoms with E-state index in [1.54, 1.807) is 12.1 Å². The van der Waals surface area contributed by atoms with E-state index in [1.165, 1.54) is 29.5 Å². The van der Waals surface area contributed by atoms with E-state index in [1.807, 2.05) is 24.3 Å². The van der Waals surface area contributed by atoms with Crippen molar-refractivity contribution in [1.82, 2.24) is 0 Å². The Morgan fingerprint density at radius 3 is 2.58 bits per heavy atom. The van der Waals surface area contributed by atoms with Crippen LogP contribution in [0.15, 0.2) is 59.2 Å². The highest BCUT2D eigenvalue weighted by atomic mass is 35.5. The van der Waals surface area contributed by atoms with Crippen LogP contribution < -0.4 is 5.11 Å². The zero-order valence-electron chi connectivity index (χ0n) is 13.1. The van der Waals surface area contributed by atoms with Crippen molar-refractivity contribution in [3.8, 4) is 0 Å². The topological polar surface area (TPSA) is 78.8 Å². The molecule has 3 aromatic rings. The summed E-state index contributed by atoms with van der Waals surface area (Å²) < 4.78 is 6.24. The number of fused-ring (bicyclic) bond motifs is 1. The first-order valence-corrected chi connectivity index (χ1v) is 8.74. The number of aliphatic imine (C=N–C) groups is 1. The molecule has 7 heteroatoms. The third kappa shape index (κ3) is 2.89. The SMILES string of the molecule is O=C1OC(c2sc3ccccc3c2Cl)=N/C1=C/c1ccc(C(=O)[O-])cc1. The van der Waals surface area contributed by atoms with E-state index in [9.17, 15) is 14.7 Å². The monoisotopic (exact) mass is 382 g/mol. The van der Waals surface area contributed by atoms with Crippen molar-refractivity contribution < 1.29 is 19.4 Å². The summed E-state index contributed by atoms with van der Waals surface area (Å²) in [5.41, 5.74) is 0.798. The summed E-state index contributed by atoms with van der Waals surface area (Å²) in [5, 5.41) is 12.2. The van der Waals surface area contributed by atoms with Gasteiger partial charge < -0.3 is 14.6 Å². The maximum absolute atomic E-state index is 12.1. The maximum atomic E-state index is 12.1. The standard InChI is InChI=1S/C19H10ClNO4S/c20-15-12-3-1-2-4-14(12)26-16(15)17-21-13(19(24)25-17)9-10-5-7-11(8-6-10)18(22)23/h1-9H,(H,22,23)/p-1/b13-9+. The number of carboxylic acids is 1. The largest absolute Gasteiger partial charge is 0.545 e. The van der Waals surface area contributed by atoms with E-state index >= 15 is 0 Å². The molecule has 1 aromatic heterocycles. The number of aromatic carboxylic acids is 1. The quantitative estimate of drug-likeness (QED) is 0.514. The van der Waals surface area contributed by atoms with E-state index in [2.05, 4.69) is 4.99 Å². The van der Waals surface area contributed by atoms with Crippen LogP contribution in [-0.4, -0.2) is 17.8 Å². The number of rotatable bonds is 3. The van der Waals surface area contributed by atoms with E-state index < -0.39 is 11.9 Å². The van der Waals surface area contributed by atoms with Crippen LogP contribution in [0.2, 0.25) is 5.02 Å². The minimum Gasteiger partial charge on any atom is -0.545 e. The fraction of sp³-hybridized carbons (Fsp3) is 0. The Hall–Kier alpha value is -2.96. The molecule has 2 heterocycles. The van der Waals surface area contributed by atoms with Crippen molar-refractivity contribution in [2.24, 2.45) is 4.99 Å². The van der Waals surface area contributed by atoms with Gasteiger partial charge in [-0.15, -0.1) is 11.3 Å². The molecule has 0 amide bonds. The number of hydrogen-bond donors (Lipinski definition) is 0. The summed E-state index contributed by atoms with van der Waals surface area (Å²) >= 11 is 7.79. The molecule has 5 nitrogen and oxygen atoms in total. The van der Waals surface area contributed by atoms with Gasteiger partial charge in [0, 0.05) is 10.1 Å². The number of cyclic esters (lactones) is 1. The highest BCUT2D eigenvalue weighted by Crippen LogP contribution is 2.37. The second-order valence-electron chi connectivity index (χ2n) is 5.49. The van der Waals surface area contributed by atoms with Crippen LogP contribution in [0.1, 0.15) is 20.8 Å². The molecular weight excluding hydrogens is 374 g/mol. The van der Waals surface area contributed by atoms with Gasteiger partial charge in [-0.25, -0.2) is 9.79 Å². The van der Waals surface area contributed by atoms with E-state index in [4.69, 9.17) is 16.3 Å². The van der Waals surface area contributed by atoms with Gasteiger partial charge in [0.15, 0.2) is 5.70 Å². The predicted molar refractivity (Wildman–Crippen MR) is 98.2 cm³/mol. The van der Waals surface area contributed by atoms with Crippen molar-refractivity contribution in [1.29, 1.82) is 0 Å². The molecule has 4 rings (SSSR count). The van der Waals surface area contributed by atoms with Crippen molar-refractivity contribution in [3.05, 3.63) is 75.3 Å². The Morgan fingerprint density at radius 1 is 1.15 bits per heavy atom. The van der Waals surface area contributed by atoms with Crippen molar-refractivity contribution >= 4 is 56.9 Å². The number of benzene rings is 2. The number of hydrogen-bond acceptors (Lipinski definition) is 6. The van der Waals surface area contributed by atoms with Crippen molar-refractivity contribution in [2.45, 2.75) is 0 Å². The van der Waals surface area contributed by atoms with Crippen LogP contribution in [0.5, 0.6) is 0 Å². The highest BCUT2D eigenvalue weighted by Gasteiger charge is 2.27. The lowest BCUT2D eigenvalue weighted by atomic mass is 10.1. The summed E-state index contributed by atoms with van der Waals surface area (Å²) in [6.07, 6.45) is 1.52. The Kier molecular flexibility index (Phi) is 4.06. The molecule has 0 atom stereocenters. The smallest absolute Gasteiger partial charge is 0.363 e. The Bertz CT molecular complexity index is 1110. The molecule has 0 unspecified atom stereocenters. The lowest BCUT2D eigenvalue weighted by Crippen LogP contribution is -2.21. The van der Waals surface area contributed by atoms with Crippen molar-refractivity contribution in [3.63, 3.8) is 0 Å². The van der Waals surface area contributed by atoms with Gasteiger partial charge in [0.1, 0.15) is 4.88 Å². The van der Waals surface area contributed by atoms with Gasteiger partial charge >= 0.3 is 5.97 Å². The molecule has 26 heavy (non-hydrogen) atoms. The molecule has 0 bridgehead atoms. The fourth-order valence-electron chi connectivity index (χ4n) is 2.53. The second-order valence-corrected chi connectivity index (χ2v) is 6.92. The molecule has 2 aromatic carbocycles. The lowest BCUT2D eigenvalue weighted by Gasteiger charge is -2.01. The van der Waals surface area contributed by atoms with Gasteiger partial charge in [0.25, 0.3) is 0 Å². The normalized spacial score (nSPS) is 15.3. The first kappa shape index (κ1) is 16.5. The third-order valence-electron chi connectivity index (χ3n) is 3.80. The fourth-order valence-corrected chi connectivity index (χ4v) is 3.97. The number of ether oxygens (including phenoxy) is 1. The molecule has 1 aliphatic rings. The number of esters is 1. The van der Waals surface area contributed by atoms with Gasteiger partial charge in [0.2, 0.25) is 5.90 Å². The average molecular weight is 383 g/mol. The second kappa shape index (κ2) is 6.40. The van der Waals surface area contributed by atoms with Gasteiger partial charge in [-0.1, -0.05) is 54.1 Å². The van der Waals surface area contributed by atoms with Crippen LogP contribution in [-0.2, 0) is 9.53 Å². The summed E-state index contributed by atoms with van der Waals surface area (Å²) in [4.78, 5) is 27.7. The zero-order valence-corrected chi connectivity index (χ0v) is 14.6. The number of carbonyl (C=O) groups is 2. The molecule has 0 radical (unpaired) electrons. The van der Waals surface area contributed by atoms with E-state index in [0.29, 0.717) is 15.5 Å². The number of nitrogens with zero attached hydrogens (tertiary/aromatic N) is 1. The van der Waals surface area contributed by atoms with Crippen LogP contribution in [0.4, 0.5) is 0 Å². The van der Waals surface area contributed by atoms with Gasteiger partial charge in [-0.2, -0.15) is 0 Å². The Labute approximate surface area is 156 Å². The van der Waals surface area contributed by atoms with Gasteiger partial charge in [-0.3, -0.25) is 0 Å².